The lowest BCUT2D eigenvalue weighted by atomic mass is 9.99. The number of β-lactam (4-membered cyclic amide) rings is 1. The maximum absolute atomic E-state index is 12.8. The summed E-state index contributed by atoms with van der Waals surface area (Å²) in [7, 11) is 0. The van der Waals surface area contributed by atoms with Crippen LogP contribution < -0.4 is 10.2 Å². The zero-order valence-corrected chi connectivity index (χ0v) is 17.6. The molecule has 31 heavy (non-hydrogen) atoms. The molecular formula is C22H24N6O3. The van der Waals surface area contributed by atoms with E-state index in [2.05, 4.69) is 20.8 Å². The fourth-order valence-electron chi connectivity index (χ4n) is 3.44. The van der Waals surface area contributed by atoms with E-state index in [0.29, 0.717) is 5.95 Å². The number of alkyl carbamates (subject to hydrolysis) is 1. The fourth-order valence-corrected chi connectivity index (χ4v) is 3.44. The van der Waals surface area contributed by atoms with Crippen molar-refractivity contribution in [1.82, 2.24) is 25.5 Å². The molecule has 2 aromatic carbocycles. The molecule has 9 nitrogen and oxygen atoms in total. The number of hydrogen-bond acceptors (Lipinski definition) is 6. The predicted octanol–water partition coefficient (Wildman–Crippen LogP) is 2.55. The number of aromatic nitrogens is 4. The van der Waals surface area contributed by atoms with Gasteiger partial charge in [0, 0.05) is 0 Å². The van der Waals surface area contributed by atoms with Gasteiger partial charge in [0.2, 0.25) is 0 Å². The zero-order valence-electron chi connectivity index (χ0n) is 17.6. The number of carbonyl (C=O) groups is 2. The third-order valence-corrected chi connectivity index (χ3v) is 4.81. The Bertz CT molecular complexity index is 1020. The Morgan fingerprint density at radius 1 is 1.06 bits per heavy atom. The third kappa shape index (κ3) is 4.40. The van der Waals surface area contributed by atoms with Crippen molar-refractivity contribution in [2.45, 2.75) is 38.5 Å². The van der Waals surface area contributed by atoms with Crippen LogP contribution in [0.2, 0.25) is 0 Å². The van der Waals surface area contributed by atoms with Gasteiger partial charge in [0.05, 0.1) is 6.54 Å². The summed E-state index contributed by atoms with van der Waals surface area (Å²) in [5.74, 6) is 0.0340. The van der Waals surface area contributed by atoms with Crippen molar-refractivity contribution in [2.24, 2.45) is 0 Å². The summed E-state index contributed by atoms with van der Waals surface area (Å²) in [5.41, 5.74) is 1.33. The molecule has 1 fully saturated rings. The largest absolute Gasteiger partial charge is 0.444 e. The first-order valence-electron chi connectivity index (χ1n) is 10.0. The molecule has 0 aliphatic carbocycles. The molecule has 160 valence electrons. The van der Waals surface area contributed by atoms with Crippen LogP contribution in [-0.4, -0.2) is 50.4 Å². The summed E-state index contributed by atoms with van der Waals surface area (Å²) >= 11 is 0. The van der Waals surface area contributed by atoms with E-state index in [1.54, 1.807) is 25.5 Å². The van der Waals surface area contributed by atoms with Gasteiger partial charge in [0.15, 0.2) is 0 Å². The van der Waals surface area contributed by atoms with E-state index in [9.17, 15) is 9.59 Å². The average Bonchev–Trinajstić information content (AvgIpc) is 3.19. The van der Waals surface area contributed by atoms with Crippen molar-refractivity contribution in [3.8, 4) is 0 Å². The van der Waals surface area contributed by atoms with E-state index in [1.165, 1.54) is 4.90 Å². The quantitative estimate of drug-likeness (QED) is 0.637. The molecule has 2 heterocycles. The predicted molar refractivity (Wildman–Crippen MR) is 113 cm³/mol. The molecule has 9 heteroatoms. The Balaban J connectivity index is 1.57. The Labute approximate surface area is 180 Å². The van der Waals surface area contributed by atoms with Gasteiger partial charge in [0.1, 0.15) is 17.7 Å². The van der Waals surface area contributed by atoms with Crippen LogP contribution in [0.5, 0.6) is 0 Å². The van der Waals surface area contributed by atoms with E-state index < -0.39 is 17.7 Å². The van der Waals surface area contributed by atoms with E-state index in [1.807, 2.05) is 60.7 Å². The molecule has 0 saturated carbocycles. The van der Waals surface area contributed by atoms with Gasteiger partial charge in [0.25, 0.3) is 11.9 Å². The second-order valence-corrected chi connectivity index (χ2v) is 8.30. The van der Waals surface area contributed by atoms with Gasteiger partial charge in [-0.25, -0.2) is 4.79 Å². The monoisotopic (exact) mass is 420 g/mol. The maximum atomic E-state index is 12.8. The van der Waals surface area contributed by atoms with E-state index in [0.717, 1.165) is 11.1 Å². The molecule has 1 atom stereocenters. The first kappa shape index (κ1) is 20.5. The lowest BCUT2D eigenvalue weighted by Crippen LogP contribution is -2.65. The average molecular weight is 420 g/mol. The number of ether oxygens (including phenoxy) is 1. The van der Waals surface area contributed by atoms with Gasteiger partial charge in [-0.05, 0) is 42.3 Å². The number of nitrogens with one attached hydrogen (secondary N) is 1. The van der Waals surface area contributed by atoms with Gasteiger partial charge in [-0.15, -0.1) is 0 Å². The second kappa shape index (κ2) is 8.17. The number of carbonyl (C=O) groups excluding carboxylic acids is 2. The summed E-state index contributed by atoms with van der Waals surface area (Å²) in [5, 5.41) is 14.7. The highest BCUT2D eigenvalue weighted by Crippen LogP contribution is 2.30. The van der Waals surface area contributed by atoms with Crippen LogP contribution in [0, 0.1) is 0 Å². The number of benzene rings is 2. The molecule has 0 spiro atoms. The van der Waals surface area contributed by atoms with Gasteiger partial charge in [-0.3, -0.25) is 9.69 Å². The SMILES string of the molecule is CC(C)(C)OC(=O)N[C@H]1CN(c2nnnn2C(c2ccccc2)c2ccccc2)C1=O. The van der Waals surface area contributed by atoms with Crippen molar-refractivity contribution < 1.29 is 14.3 Å². The summed E-state index contributed by atoms with van der Waals surface area (Å²) in [4.78, 5) is 26.2. The van der Waals surface area contributed by atoms with Crippen LogP contribution in [0.15, 0.2) is 60.7 Å². The van der Waals surface area contributed by atoms with E-state index in [-0.39, 0.29) is 18.5 Å². The molecule has 1 N–H and O–H groups in total. The van der Waals surface area contributed by atoms with Crippen LogP contribution in [-0.2, 0) is 9.53 Å². The van der Waals surface area contributed by atoms with Crippen molar-refractivity contribution in [3.63, 3.8) is 0 Å². The van der Waals surface area contributed by atoms with Crippen LogP contribution >= 0.6 is 0 Å². The molecule has 0 radical (unpaired) electrons. The fraction of sp³-hybridized carbons (Fsp3) is 0.318. The van der Waals surface area contributed by atoms with Crippen molar-refractivity contribution in [1.29, 1.82) is 0 Å². The van der Waals surface area contributed by atoms with Crippen molar-refractivity contribution >= 4 is 17.9 Å². The molecule has 1 aliphatic heterocycles. The van der Waals surface area contributed by atoms with Gasteiger partial charge >= 0.3 is 6.09 Å². The van der Waals surface area contributed by atoms with Crippen molar-refractivity contribution in [2.75, 3.05) is 11.4 Å². The van der Waals surface area contributed by atoms with Gasteiger partial charge in [-0.2, -0.15) is 4.68 Å². The molecule has 0 unspecified atom stereocenters. The van der Waals surface area contributed by atoms with Crippen LogP contribution in [0.25, 0.3) is 0 Å². The van der Waals surface area contributed by atoms with Gasteiger partial charge < -0.3 is 10.1 Å². The molecule has 2 amide bonds. The summed E-state index contributed by atoms with van der Waals surface area (Å²) in [6, 6.07) is 18.7. The molecule has 1 aliphatic rings. The van der Waals surface area contributed by atoms with E-state index >= 15 is 0 Å². The van der Waals surface area contributed by atoms with Gasteiger partial charge in [-0.1, -0.05) is 65.8 Å². The van der Waals surface area contributed by atoms with Crippen LogP contribution in [0.3, 0.4) is 0 Å². The summed E-state index contributed by atoms with van der Waals surface area (Å²) in [6.45, 7) is 5.56. The molecule has 1 saturated heterocycles. The van der Waals surface area contributed by atoms with Crippen molar-refractivity contribution in [3.05, 3.63) is 71.8 Å². The second-order valence-electron chi connectivity index (χ2n) is 8.30. The van der Waals surface area contributed by atoms with Crippen LogP contribution in [0.1, 0.15) is 37.9 Å². The number of tetrazole rings is 1. The number of rotatable bonds is 5. The number of anilines is 1. The molecule has 3 aromatic rings. The standard InChI is InChI=1S/C22H24N6O3/c1-22(2,3)31-21(30)23-17-14-27(19(17)29)20-24-25-26-28(20)18(15-10-6-4-7-11-15)16-12-8-5-9-13-16/h4-13,17-18H,14H2,1-3H3,(H,23,30)/t17-/m0/s1. The first-order chi connectivity index (χ1) is 14.8. The minimum Gasteiger partial charge on any atom is -0.444 e. The smallest absolute Gasteiger partial charge is 0.408 e. The highest BCUT2D eigenvalue weighted by Gasteiger charge is 2.43. The van der Waals surface area contributed by atoms with E-state index in [4.69, 9.17) is 4.74 Å². The topological polar surface area (TPSA) is 102 Å². The summed E-state index contributed by atoms with van der Waals surface area (Å²) in [6.07, 6.45) is -0.628. The lowest BCUT2D eigenvalue weighted by molar-refractivity contribution is -0.124. The molecular weight excluding hydrogens is 396 g/mol. The Kier molecular flexibility index (Phi) is 5.41. The van der Waals surface area contributed by atoms with Crippen LogP contribution in [0.4, 0.5) is 10.7 Å². The first-order valence-corrected chi connectivity index (χ1v) is 10.0. The number of hydrogen-bond donors (Lipinski definition) is 1. The molecule has 4 rings (SSSR count). The Morgan fingerprint density at radius 3 is 2.16 bits per heavy atom. The molecule has 1 aromatic heterocycles. The normalized spacial score (nSPS) is 16.2. The minimum atomic E-state index is -0.674. The highest BCUT2D eigenvalue weighted by atomic mass is 16.6. The number of amides is 2. The Morgan fingerprint density at radius 2 is 1.65 bits per heavy atom. The maximum Gasteiger partial charge on any atom is 0.408 e. The number of nitrogens with zero attached hydrogens (tertiary/aromatic N) is 5. The summed E-state index contributed by atoms with van der Waals surface area (Å²) < 4.78 is 6.86. The third-order valence-electron chi connectivity index (χ3n) is 4.81. The highest BCUT2D eigenvalue weighted by molar-refractivity contribution is 6.04. The zero-order chi connectivity index (χ0) is 22.0. The lowest BCUT2D eigenvalue weighted by Gasteiger charge is -2.37. The Hall–Kier alpha value is -3.75. The minimum absolute atomic E-state index is 0.259. The molecule has 0 bridgehead atoms.